The Morgan fingerprint density at radius 1 is 0.267 bits per heavy atom. The number of fused-ring (bicyclic) bond motifs is 4. The highest BCUT2D eigenvalue weighted by Crippen LogP contribution is 2.41. The lowest BCUT2D eigenvalue weighted by molar-refractivity contribution is 1.18. The van der Waals surface area contributed by atoms with Crippen molar-refractivity contribution in [1.82, 2.24) is 4.57 Å². The summed E-state index contributed by atoms with van der Waals surface area (Å²) in [6.07, 6.45) is 0. The molecule has 0 fully saturated rings. The van der Waals surface area contributed by atoms with Crippen LogP contribution in [0, 0.1) is 0 Å². The molecule has 2 nitrogen and oxygen atoms in total. The van der Waals surface area contributed by atoms with Crippen molar-refractivity contribution in [2.45, 2.75) is 0 Å². The van der Waals surface area contributed by atoms with E-state index in [1.165, 1.54) is 77.1 Å². The zero-order valence-corrected chi connectivity index (χ0v) is 33.0. The Labute approximate surface area is 350 Å². The van der Waals surface area contributed by atoms with Crippen molar-refractivity contribution >= 4 is 49.6 Å². The minimum atomic E-state index is 1.09. The summed E-state index contributed by atoms with van der Waals surface area (Å²) in [6, 6.07) is 87.7. The topological polar surface area (TPSA) is 8.17 Å². The zero-order valence-electron chi connectivity index (χ0n) is 33.0. The highest BCUT2D eigenvalue weighted by molar-refractivity contribution is 6.09. The van der Waals surface area contributed by atoms with E-state index in [1.54, 1.807) is 0 Å². The molecule has 0 atom stereocenters. The van der Waals surface area contributed by atoms with Crippen LogP contribution < -0.4 is 4.90 Å². The van der Waals surface area contributed by atoms with Gasteiger partial charge in [-0.2, -0.15) is 0 Å². The Morgan fingerprint density at radius 3 is 1.12 bits per heavy atom. The SMILES string of the molecule is c1ccc(-c2ccc(N(c3ccc(-c4ccc(-n5c6ccccc6c6ccccc65)cc4)cc3)c3ccc(-c4cccc5cccc(-c6ccccc6)c45)cc3)cc2)cc1. The van der Waals surface area contributed by atoms with Gasteiger partial charge < -0.3 is 9.47 Å². The van der Waals surface area contributed by atoms with Gasteiger partial charge in [-0.1, -0.05) is 182 Å². The average molecular weight is 765 g/mol. The molecule has 282 valence electrons. The van der Waals surface area contributed by atoms with Crippen LogP contribution in [0.15, 0.2) is 243 Å². The van der Waals surface area contributed by atoms with E-state index in [2.05, 4.69) is 252 Å². The van der Waals surface area contributed by atoms with Gasteiger partial charge in [-0.25, -0.2) is 0 Å². The third-order valence-electron chi connectivity index (χ3n) is 11.8. The van der Waals surface area contributed by atoms with Crippen molar-refractivity contribution in [3.8, 4) is 50.2 Å². The van der Waals surface area contributed by atoms with Crippen LogP contribution >= 0.6 is 0 Å². The highest BCUT2D eigenvalue weighted by Gasteiger charge is 2.16. The molecule has 0 radical (unpaired) electrons. The first kappa shape index (κ1) is 35.2. The first-order valence-corrected chi connectivity index (χ1v) is 20.6. The van der Waals surface area contributed by atoms with Gasteiger partial charge in [-0.05, 0) is 116 Å². The molecule has 2 heteroatoms. The van der Waals surface area contributed by atoms with Crippen LogP contribution in [0.25, 0.3) is 82.8 Å². The van der Waals surface area contributed by atoms with Gasteiger partial charge in [-0.3, -0.25) is 0 Å². The quantitative estimate of drug-likeness (QED) is 0.150. The summed E-state index contributed by atoms with van der Waals surface area (Å²) >= 11 is 0. The molecule has 0 spiro atoms. The van der Waals surface area contributed by atoms with E-state index >= 15 is 0 Å². The van der Waals surface area contributed by atoms with Crippen molar-refractivity contribution in [2.75, 3.05) is 4.90 Å². The minimum absolute atomic E-state index is 1.09. The highest BCUT2D eigenvalue weighted by atomic mass is 15.1. The number of rotatable bonds is 8. The van der Waals surface area contributed by atoms with E-state index in [1.807, 2.05) is 0 Å². The molecule has 60 heavy (non-hydrogen) atoms. The molecule has 0 N–H and O–H groups in total. The number of para-hydroxylation sites is 2. The van der Waals surface area contributed by atoms with Crippen LogP contribution in [0.5, 0.6) is 0 Å². The average Bonchev–Trinajstić information content (AvgIpc) is 3.67. The van der Waals surface area contributed by atoms with Crippen molar-refractivity contribution in [1.29, 1.82) is 0 Å². The fraction of sp³-hybridized carbons (Fsp3) is 0. The molecule has 1 aromatic heterocycles. The lowest BCUT2D eigenvalue weighted by Gasteiger charge is -2.26. The number of aromatic nitrogens is 1. The maximum absolute atomic E-state index is 2.37. The van der Waals surface area contributed by atoms with E-state index in [0.29, 0.717) is 0 Å². The van der Waals surface area contributed by atoms with Gasteiger partial charge in [0.1, 0.15) is 0 Å². The molecule has 0 aliphatic carbocycles. The molecule has 0 bridgehead atoms. The molecule has 1 heterocycles. The molecule has 0 aliphatic heterocycles. The Morgan fingerprint density at radius 2 is 0.633 bits per heavy atom. The fourth-order valence-electron chi connectivity index (χ4n) is 8.92. The van der Waals surface area contributed by atoms with Gasteiger partial charge in [0.25, 0.3) is 0 Å². The van der Waals surface area contributed by atoms with Crippen LogP contribution in [0.2, 0.25) is 0 Å². The summed E-state index contributed by atoms with van der Waals surface area (Å²) < 4.78 is 2.37. The molecule has 11 rings (SSSR count). The van der Waals surface area contributed by atoms with Crippen molar-refractivity contribution in [3.05, 3.63) is 243 Å². The predicted molar refractivity (Wildman–Crippen MR) is 255 cm³/mol. The third-order valence-corrected chi connectivity index (χ3v) is 11.8. The number of anilines is 3. The Balaban J connectivity index is 0.953. The Hall–Kier alpha value is -7.94. The van der Waals surface area contributed by atoms with E-state index in [4.69, 9.17) is 0 Å². The standard InChI is InChI=1S/C58H40N2/c1-3-13-41(14-4-1)42-25-33-48(34-26-42)59(50-39-31-46(32-40-50)53-22-12-18-47-17-11-21-52(58(47)53)45-15-5-2-6-16-45)49-35-27-43(28-36-49)44-29-37-51(38-30-44)60-56-23-9-7-19-54(56)55-20-8-10-24-57(55)60/h1-40H. The summed E-state index contributed by atoms with van der Waals surface area (Å²) in [5.41, 5.74) is 16.5. The summed E-state index contributed by atoms with van der Waals surface area (Å²) in [7, 11) is 0. The second kappa shape index (κ2) is 15.1. The molecule has 0 saturated carbocycles. The number of nitrogens with zero attached hydrogens (tertiary/aromatic N) is 2. The van der Waals surface area contributed by atoms with Crippen molar-refractivity contribution in [2.24, 2.45) is 0 Å². The lowest BCUT2D eigenvalue weighted by atomic mass is 9.91. The molecule has 10 aromatic carbocycles. The van der Waals surface area contributed by atoms with Gasteiger partial charge >= 0.3 is 0 Å². The van der Waals surface area contributed by atoms with Gasteiger partial charge in [0, 0.05) is 33.5 Å². The van der Waals surface area contributed by atoms with Crippen LogP contribution in [0.4, 0.5) is 17.1 Å². The van der Waals surface area contributed by atoms with E-state index < -0.39 is 0 Å². The van der Waals surface area contributed by atoms with Crippen LogP contribution in [-0.2, 0) is 0 Å². The largest absolute Gasteiger partial charge is 0.311 e. The van der Waals surface area contributed by atoms with Gasteiger partial charge in [-0.15, -0.1) is 0 Å². The zero-order chi connectivity index (χ0) is 39.8. The molecule has 11 aromatic rings. The van der Waals surface area contributed by atoms with Crippen LogP contribution in [0.1, 0.15) is 0 Å². The maximum Gasteiger partial charge on any atom is 0.0541 e. The lowest BCUT2D eigenvalue weighted by Crippen LogP contribution is -2.09. The molecule has 0 unspecified atom stereocenters. The van der Waals surface area contributed by atoms with Gasteiger partial charge in [0.2, 0.25) is 0 Å². The summed E-state index contributed by atoms with van der Waals surface area (Å²) in [6.45, 7) is 0. The van der Waals surface area contributed by atoms with Gasteiger partial charge in [0.15, 0.2) is 0 Å². The smallest absolute Gasteiger partial charge is 0.0541 e. The minimum Gasteiger partial charge on any atom is -0.311 e. The normalized spacial score (nSPS) is 11.3. The van der Waals surface area contributed by atoms with E-state index in [-0.39, 0.29) is 0 Å². The van der Waals surface area contributed by atoms with Crippen molar-refractivity contribution in [3.63, 3.8) is 0 Å². The molecule has 0 amide bonds. The monoisotopic (exact) mass is 764 g/mol. The second-order valence-electron chi connectivity index (χ2n) is 15.3. The van der Waals surface area contributed by atoms with Crippen LogP contribution in [-0.4, -0.2) is 4.57 Å². The summed E-state index contributed by atoms with van der Waals surface area (Å²) in [5.74, 6) is 0. The molecule has 0 saturated heterocycles. The Kier molecular flexibility index (Phi) is 8.87. The molecular weight excluding hydrogens is 725 g/mol. The maximum atomic E-state index is 2.37. The molecule has 0 aliphatic rings. The number of hydrogen-bond donors (Lipinski definition) is 0. The third kappa shape index (κ3) is 6.32. The first-order chi connectivity index (χ1) is 29.8. The molecular formula is C58H40N2. The Bertz CT molecular complexity index is 3200. The van der Waals surface area contributed by atoms with Crippen LogP contribution in [0.3, 0.4) is 0 Å². The fourth-order valence-corrected chi connectivity index (χ4v) is 8.92. The van der Waals surface area contributed by atoms with Gasteiger partial charge in [0.05, 0.1) is 11.0 Å². The van der Waals surface area contributed by atoms with E-state index in [9.17, 15) is 0 Å². The van der Waals surface area contributed by atoms with E-state index in [0.717, 1.165) is 22.7 Å². The summed E-state index contributed by atoms with van der Waals surface area (Å²) in [5, 5.41) is 5.05. The number of benzene rings is 10. The second-order valence-corrected chi connectivity index (χ2v) is 15.3. The number of hydrogen-bond acceptors (Lipinski definition) is 1. The summed E-state index contributed by atoms with van der Waals surface area (Å²) in [4.78, 5) is 2.35. The van der Waals surface area contributed by atoms with Crippen molar-refractivity contribution < 1.29 is 0 Å². The predicted octanol–water partition coefficient (Wildman–Crippen LogP) is 16.1. The first-order valence-electron chi connectivity index (χ1n) is 20.6.